The summed E-state index contributed by atoms with van der Waals surface area (Å²) in [5, 5.41) is 16.5. The molecule has 0 aliphatic heterocycles. The van der Waals surface area contributed by atoms with Gasteiger partial charge in [0.15, 0.2) is 0 Å². The van der Waals surface area contributed by atoms with Crippen LogP contribution < -0.4 is 0 Å². The van der Waals surface area contributed by atoms with Gasteiger partial charge in [0.05, 0.1) is 12.1 Å². The zero-order valence-corrected chi connectivity index (χ0v) is 7.55. The van der Waals surface area contributed by atoms with Crippen LogP contribution in [-0.4, -0.2) is 0 Å². The Bertz CT molecular complexity index is 142. The largest absolute Gasteiger partial charge is 0.198 e. The summed E-state index contributed by atoms with van der Waals surface area (Å²) in [5.41, 5.74) is 0. The van der Waals surface area contributed by atoms with Gasteiger partial charge in [-0.25, -0.2) is 0 Å². The van der Waals surface area contributed by atoms with Crippen molar-refractivity contribution in [2.24, 2.45) is 0 Å². The number of hydrogen-bond acceptors (Lipinski definition) is 2. The zero-order chi connectivity index (χ0) is 9.07. The minimum atomic E-state index is 0.693. The maximum Gasteiger partial charge on any atom is 0.0621 e. The molecule has 0 amide bonds. The smallest absolute Gasteiger partial charge is 0.0621 e. The maximum atomic E-state index is 8.25. The third kappa shape index (κ3) is 8.98. The number of nitriles is 2. The van der Waals surface area contributed by atoms with E-state index in [0.717, 1.165) is 12.8 Å². The Morgan fingerprint density at radius 1 is 0.583 bits per heavy atom. The quantitative estimate of drug-likeness (QED) is 0.541. The molecule has 2 nitrogen and oxygen atoms in total. The fourth-order valence-corrected chi connectivity index (χ4v) is 1.12. The average Bonchev–Trinajstić information content (AvgIpc) is 2.10. The fourth-order valence-electron chi connectivity index (χ4n) is 1.12. The van der Waals surface area contributed by atoms with Gasteiger partial charge in [-0.2, -0.15) is 10.5 Å². The van der Waals surface area contributed by atoms with E-state index in [0.29, 0.717) is 12.8 Å². The van der Waals surface area contributed by atoms with E-state index in [4.69, 9.17) is 10.5 Å². The Morgan fingerprint density at radius 2 is 0.917 bits per heavy atom. The van der Waals surface area contributed by atoms with Crippen molar-refractivity contribution in [3.63, 3.8) is 0 Å². The van der Waals surface area contributed by atoms with Gasteiger partial charge in [0.2, 0.25) is 0 Å². The topological polar surface area (TPSA) is 47.6 Å². The summed E-state index contributed by atoms with van der Waals surface area (Å²) >= 11 is 0. The predicted octanol–water partition coefficient (Wildman–Crippen LogP) is 3.15. The lowest BCUT2D eigenvalue weighted by Gasteiger charge is -1.96. The summed E-state index contributed by atoms with van der Waals surface area (Å²) in [6.45, 7) is 0. The second-order valence-electron chi connectivity index (χ2n) is 2.94. The highest BCUT2D eigenvalue weighted by Gasteiger charge is 1.90. The summed E-state index contributed by atoms with van der Waals surface area (Å²) < 4.78 is 0. The predicted molar refractivity (Wildman–Crippen MR) is 48.2 cm³/mol. The van der Waals surface area contributed by atoms with Crippen molar-refractivity contribution < 1.29 is 0 Å². The molecule has 12 heavy (non-hydrogen) atoms. The van der Waals surface area contributed by atoms with Crippen LogP contribution in [0.4, 0.5) is 0 Å². The first-order chi connectivity index (χ1) is 5.91. The van der Waals surface area contributed by atoms with Gasteiger partial charge in [0.25, 0.3) is 0 Å². The summed E-state index contributed by atoms with van der Waals surface area (Å²) in [7, 11) is 0. The van der Waals surface area contributed by atoms with Crippen LogP contribution >= 0.6 is 0 Å². The lowest BCUT2D eigenvalue weighted by molar-refractivity contribution is 0.603. The lowest BCUT2D eigenvalue weighted by atomic mass is 10.0. The van der Waals surface area contributed by atoms with Crippen molar-refractivity contribution >= 4 is 0 Å². The molecule has 0 aromatic rings. The summed E-state index contributed by atoms with van der Waals surface area (Å²) in [6, 6.07) is 4.27. The first-order valence-corrected chi connectivity index (χ1v) is 4.65. The van der Waals surface area contributed by atoms with Gasteiger partial charge in [-0.1, -0.05) is 25.7 Å². The van der Waals surface area contributed by atoms with Gasteiger partial charge in [0.1, 0.15) is 0 Å². The molecular formula is C10H16N2. The van der Waals surface area contributed by atoms with Gasteiger partial charge in [0, 0.05) is 12.8 Å². The second kappa shape index (κ2) is 9.98. The molecule has 0 aliphatic rings. The van der Waals surface area contributed by atoms with Crippen LogP contribution in [0, 0.1) is 22.7 Å². The molecule has 0 heterocycles. The van der Waals surface area contributed by atoms with Crippen LogP contribution in [0.3, 0.4) is 0 Å². The van der Waals surface area contributed by atoms with E-state index in [1.807, 2.05) is 0 Å². The Hall–Kier alpha value is -1.02. The molecule has 0 bridgehead atoms. The molecule has 0 spiro atoms. The van der Waals surface area contributed by atoms with Crippen molar-refractivity contribution in [3.05, 3.63) is 0 Å². The minimum absolute atomic E-state index is 0.693. The Morgan fingerprint density at radius 3 is 1.25 bits per heavy atom. The molecule has 0 rings (SSSR count). The molecule has 0 saturated carbocycles. The van der Waals surface area contributed by atoms with Gasteiger partial charge >= 0.3 is 0 Å². The number of rotatable bonds is 7. The number of hydrogen-bond donors (Lipinski definition) is 0. The molecule has 0 N–H and O–H groups in total. The van der Waals surface area contributed by atoms with E-state index in [1.165, 1.54) is 25.7 Å². The Balaban J connectivity index is 2.84. The van der Waals surface area contributed by atoms with Crippen molar-refractivity contribution in [2.75, 3.05) is 0 Å². The van der Waals surface area contributed by atoms with Crippen LogP contribution in [0.15, 0.2) is 0 Å². The van der Waals surface area contributed by atoms with E-state index in [9.17, 15) is 0 Å². The van der Waals surface area contributed by atoms with Crippen LogP contribution in [0.5, 0.6) is 0 Å². The molecule has 0 fully saturated rings. The van der Waals surface area contributed by atoms with E-state index in [1.54, 1.807) is 0 Å². The summed E-state index contributed by atoms with van der Waals surface area (Å²) in [4.78, 5) is 0. The second-order valence-corrected chi connectivity index (χ2v) is 2.94. The van der Waals surface area contributed by atoms with Gasteiger partial charge in [-0.05, 0) is 12.8 Å². The first kappa shape index (κ1) is 11.0. The van der Waals surface area contributed by atoms with Crippen LogP contribution in [0.2, 0.25) is 0 Å². The highest BCUT2D eigenvalue weighted by molar-refractivity contribution is 4.69. The highest BCUT2D eigenvalue weighted by Crippen LogP contribution is 2.07. The molecule has 0 aromatic heterocycles. The monoisotopic (exact) mass is 163 g/mol. The van der Waals surface area contributed by atoms with E-state index in [-0.39, 0.29) is 0 Å². The molecule has 66 valence electrons. The molecule has 0 aromatic carbocycles. The van der Waals surface area contributed by atoms with E-state index >= 15 is 0 Å². The summed E-state index contributed by atoms with van der Waals surface area (Å²) in [6.07, 6.45) is 8.22. The average molecular weight is 163 g/mol. The molecule has 0 atom stereocenters. The minimum Gasteiger partial charge on any atom is -0.198 e. The van der Waals surface area contributed by atoms with Crippen LogP contribution in [0.25, 0.3) is 0 Å². The third-order valence-electron chi connectivity index (χ3n) is 1.83. The number of nitrogens with zero attached hydrogens (tertiary/aromatic N) is 2. The molecule has 2 heteroatoms. The normalized spacial score (nSPS) is 8.83. The molecule has 0 unspecified atom stereocenters. The van der Waals surface area contributed by atoms with Crippen molar-refractivity contribution in [1.82, 2.24) is 0 Å². The van der Waals surface area contributed by atoms with Crippen molar-refractivity contribution in [2.45, 2.75) is 51.4 Å². The van der Waals surface area contributed by atoms with E-state index < -0.39 is 0 Å². The van der Waals surface area contributed by atoms with Crippen LogP contribution in [0.1, 0.15) is 51.4 Å². The maximum absolute atomic E-state index is 8.25. The van der Waals surface area contributed by atoms with Crippen molar-refractivity contribution in [3.8, 4) is 12.1 Å². The molecule has 0 saturated heterocycles. The molecule has 0 radical (unpaired) electrons. The number of unbranched alkanes of at least 4 members (excludes halogenated alkanes) is 7. The first-order valence-electron chi connectivity index (χ1n) is 4.65. The van der Waals surface area contributed by atoms with Crippen LogP contribution in [-0.2, 0) is 0 Å². The summed E-state index contributed by atoms with van der Waals surface area (Å²) in [5.74, 6) is 0. The SMILES string of the molecule is N#CCCCCCCCC[11C]#N. The van der Waals surface area contributed by atoms with Crippen molar-refractivity contribution in [1.29, 1.82) is 10.5 Å². The Labute approximate surface area is 74.8 Å². The molecule has 0 aliphatic carbocycles. The highest BCUT2D eigenvalue weighted by atomic mass is 14.2. The standard InChI is InChI=1S/C10H16N2/c11-9-7-5-3-1-2-4-6-8-10-12/h1-8H2/i9-1. The van der Waals surface area contributed by atoms with Gasteiger partial charge in [-0.15, -0.1) is 0 Å². The fraction of sp³-hybridized carbons (Fsp3) is 0.800. The zero-order valence-electron chi connectivity index (χ0n) is 7.55. The lowest BCUT2D eigenvalue weighted by Crippen LogP contribution is -1.79. The van der Waals surface area contributed by atoms with Gasteiger partial charge in [-0.3, -0.25) is 0 Å². The van der Waals surface area contributed by atoms with E-state index in [2.05, 4.69) is 12.1 Å². The molecular weight excluding hydrogens is 147 g/mol. The third-order valence-corrected chi connectivity index (χ3v) is 1.83. The Kier molecular flexibility index (Phi) is 9.13. The van der Waals surface area contributed by atoms with Gasteiger partial charge < -0.3 is 0 Å².